The molecular weight excluding hydrogens is 376 g/mol. The first-order valence-corrected chi connectivity index (χ1v) is 10.5. The molecule has 1 aromatic heterocycles. The summed E-state index contributed by atoms with van der Waals surface area (Å²) < 4.78 is 23.4. The third-order valence-electron chi connectivity index (χ3n) is 4.25. The highest BCUT2D eigenvalue weighted by atomic mass is 35.5. The highest BCUT2D eigenvalue weighted by molar-refractivity contribution is 7.91. The second-order valence-electron chi connectivity index (χ2n) is 6.08. The number of anilines is 2. The summed E-state index contributed by atoms with van der Waals surface area (Å²) in [6.45, 7) is 2.55. The quantitative estimate of drug-likeness (QED) is 0.837. The number of nitrogens with zero attached hydrogens (tertiary/aromatic N) is 3. The molecule has 0 saturated carbocycles. The van der Waals surface area contributed by atoms with Crippen molar-refractivity contribution in [1.82, 2.24) is 10.2 Å². The Hall–Kier alpha value is -2.19. The van der Waals surface area contributed by atoms with Crippen LogP contribution < -0.4 is 10.2 Å². The molecule has 0 radical (unpaired) electrons. The number of sulfone groups is 1. The molecule has 1 aromatic carbocycles. The van der Waals surface area contributed by atoms with Crippen LogP contribution in [0.15, 0.2) is 36.4 Å². The summed E-state index contributed by atoms with van der Waals surface area (Å²) in [5.74, 6) is 0.494. The molecule has 26 heavy (non-hydrogen) atoms. The summed E-state index contributed by atoms with van der Waals surface area (Å²) in [4.78, 5) is 14.2. The van der Waals surface area contributed by atoms with Gasteiger partial charge < -0.3 is 10.2 Å². The molecule has 1 aliphatic rings. The molecule has 0 aliphatic carbocycles. The zero-order chi connectivity index (χ0) is 18.7. The SMILES string of the molecule is CCN(c1ccc(C(=O)Nc2cccc(Cl)c2)nn1)C1CCS(=O)(=O)C1. The fraction of sp³-hybridized carbons (Fsp3) is 0.353. The van der Waals surface area contributed by atoms with Crippen molar-refractivity contribution >= 4 is 38.9 Å². The van der Waals surface area contributed by atoms with Crippen LogP contribution in [0.5, 0.6) is 0 Å². The molecule has 1 N–H and O–H groups in total. The van der Waals surface area contributed by atoms with E-state index in [2.05, 4.69) is 15.5 Å². The minimum Gasteiger partial charge on any atom is -0.351 e. The largest absolute Gasteiger partial charge is 0.351 e. The lowest BCUT2D eigenvalue weighted by Gasteiger charge is -2.27. The summed E-state index contributed by atoms with van der Waals surface area (Å²) >= 11 is 5.90. The molecule has 138 valence electrons. The lowest BCUT2D eigenvalue weighted by Crippen LogP contribution is -2.37. The molecule has 0 spiro atoms. The monoisotopic (exact) mass is 394 g/mol. The Morgan fingerprint density at radius 3 is 2.69 bits per heavy atom. The van der Waals surface area contributed by atoms with Crippen LogP contribution >= 0.6 is 11.6 Å². The van der Waals surface area contributed by atoms with E-state index in [1.807, 2.05) is 11.8 Å². The molecule has 1 atom stereocenters. The van der Waals surface area contributed by atoms with Crippen molar-refractivity contribution in [2.45, 2.75) is 19.4 Å². The maximum absolute atomic E-state index is 12.3. The van der Waals surface area contributed by atoms with Crippen molar-refractivity contribution < 1.29 is 13.2 Å². The number of halogens is 1. The van der Waals surface area contributed by atoms with E-state index in [1.54, 1.807) is 36.4 Å². The first kappa shape index (κ1) is 18.6. The van der Waals surface area contributed by atoms with Crippen molar-refractivity contribution in [2.24, 2.45) is 0 Å². The van der Waals surface area contributed by atoms with Crippen molar-refractivity contribution in [3.63, 3.8) is 0 Å². The average Bonchev–Trinajstić information content (AvgIpc) is 2.96. The Morgan fingerprint density at radius 1 is 1.31 bits per heavy atom. The van der Waals surface area contributed by atoms with E-state index >= 15 is 0 Å². The number of aromatic nitrogens is 2. The maximum Gasteiger partial charge on any atom is 0.276 e. The van der Waals surface area contributed by atoms with Gasteiger partial charge >= 0.3 is 0 Å². The number of rotatable bonds is 5. The smallest absolute Gasteiger partial charge is 0.276 e. The lowest BCUT2D eigenvalue weighted by molar-refractivity contribution is 0.102. The van der Waals surface area contributed by atoms with Gasteiger partial charge in [0.1, 0.15) is 0 Å². The van der Waals surface area contributed by atoms with Gasteiger partial charge in [0.25, 0.3) is 5.91 Å². The first-order chi connectivity index (χ1) is 12.4. The number of amides is 1. The molecule has 7 nitrogen and oxygen atoms in total. The van der Waals surface area contributed by atoms with Crippen LogP contribution in [0.4, 0.5) is 11.5 Å². The fourth-order valence-electron chi connectivity index (χ4n) is 2.99. The van der Waals surface area contributed by atoms with Crippen molar-refractivity contribution in [1.29, 1.82) is 0 Å². The minimum atomic E-state index is -2.98. The molecule has 1 amide bonds. The van der Waals surface area contributed by atoms with E-state index < -0.39 is 15.7 Å². The van der Waals surface area contributed by atoms with Gasteiger partial charge in [0.15, 0.2) is 21.3 Å². The molecular formula is C17H19ClN4O3S. The Morgan fingerprint density at radius 2 is 2.12 bits per heavy atom. The van der Waals surface area contributed by atoms with Crippen LogP contribution in [0.1, 0.15) is 23.8 Å². The fourth-order valence-corrected chi connectivity index (χ4v) is 4.91. The average molecular weight is 395 g/mol. The van der Waals surface area contributed by atoms with Gasteiger partial charge in [-0.1, -0.05) is 17.7 Å². The number of hydrogen-bond donors (Lipinski definition) is 1. The lowest BCUT2D eigenvalue weighted by atomic mass is 10.2. The Balaban J connectivity index is 1.72. The third kappa shape index (κ3) is 4.31. The number of carbonyl (C=O) groups is 1. The molecule has 3 rings (SSSR count). The number of nitrogens with one attached hydrogen (secondary N) is 1. The van der Waals surface area contributed by atoms with E-state index in [4.69, 9.17) is 11.6 Å². The van der Waals surface area contributed by atoms with Gasteiger partial charge in [-0.3, -0.25) is 4.79 Å². The van der Waals surface area contributed by atoms with Gasteiger partial charge in [0.05, 0.1) is 11.5 Å². The van der Waals surface area contributed by atoms with Gasteiger partial charge in [0.2, 0.25) is 0 Å². The third-order valence-corrected chi connectivity index (χ3v) is 6.24. The van der Waals surface area contributed by atoms with Crippen LogP contribution in [0.3, 0.4) is 0 Å². The number of hydrogen-bond acceptors (Lipinski definition) is 6. The predicted molar refractivity (Wildman–Crippen MR) is 102 cm³/mol. The van der Waals surface area contributed by atoms with Crippen LogP contribution in [0, 0.1) is 0 Å². The van der Waals surface area contributed by atoms with E-state index in [-0.39, 0.29) is 23.2 Å². The minimum absolute atomic E-state index is 0.106. The van der Waals surface area contributed by atoms with E-state index in [0.717, 1.165) is 0 Å². The molecule has 1 fully saturated rings. The zero-order valence-electron chi connectivity index (χ0n) is 14.2. The maximum atomic E-state index is 12.3. The van der Waals surface area contributed by atoms with Crippen LogP contribution in [0.2, 0.25) is 5.02 Å². The summed E-state index contributed by atoms with van der Waals surface area (Å²) in [6, 6.07) is 9.98. The van der Waals surface area contributed by atoms with Gasteiger partial charge in [-0.15, -0.1) is 10.2 Å². The van der Waals surface area contributed by atoms with Crippen molar-refractivity contribution in [3.8, 4) is 0 Å². The molecule has 0 bridgehead atoms. The summed E-state index contributed by atoms with van der Waals surface area (Å²) in [5.41, 5.74) is 0.739. The van der Waals surface area contributed by atoms with Crippen LogP contribution in [-0.2, 0) is 9.84 Å². The summed E-state index contributed by atoms with van der Waals surface area (Å²) in [7, 11) is -2.98. The summed E-state index contributed by atoms with van der Waals surface area (Å²) in [5, 5.41) is 11.3. The molecule has 2 heterocycles. The molecule has 1 saturated heterocycles. The molecule has 9 heteroatoms. The van der Waals surface area contributed by atoms with E-state index in [0.29, 0.717) is 29.5 Å². The first-order valence-electron chi connectivity index (χ1n) is 8.25. The second kappa shape index (κ2) is 7.59. The highest BCUT2D eigenvalue weighted by Crippen LogP contribution is 2.22. The Labute approximate surface area is 157 Å². The van der Waals surface area contributed by atoms with E-state index in [9.17, 15) is 13.2 Å². The van der Waals surface area contributed by atoms with Crippen LogP contribution in [-0.4, -0.2) is 48.6 Å². The normalized spacial score (nSPS) is 18.5. The zero-order valence-corrected chi connectivity index (χ0v) is 15.8. The number of benzene rings is 1. The molecule has 2 aromatic rings. The van der Waals surface area contributed by atoms with E-state index in [1.165, 1.54) is 0 Å². The second-order valence-corrected chi connectivity index (χ2v) is 8.75. The Bertz CT molecular complexity index is 902. The van der Waals surface area contributed by atoms with Crippen molar-refractivity contribution in [2.75, 3.05) is 28.3 Å². The van der Waals surface area contributed by atoms with Gasteiger partial charge in [-0.05, 0) is 43.7 Å². The topological polar surface area (TPSA) is 92.3 Å². The molecule has 1 unspecified atom stereocenters. The van der Waals surface area contributed by atoms with Gasteiger partial charge in [0, 0.05) is 23.3 Å². The van der Waals surface area contributed by atoms with Crippen molar-refractivity contribution in [3.05, 3.63) is 47.1 Å². The highest BCUT2D eigenvalue weighted by Gasteiger charge is 2.32. The van der Waals surface area contributed by atoms with Crippen LogP contribution in [0.25, 0.3) is 0 Å². The van der Waals surface area contributed by atoms with Gasteiger partial charge in [-0.2, -0.15) is 0 Å². The van der Waals surface area contributed by atoms with Gasteiger partial charge in [-0.25, -0.2) is 8.42 Å². The predicted octanol–water partition coefficient (Wildman–Crippen LogP) is 2.40. The Kier molecular flexibility index (Phi) is 5.43. The number of carbonyl (C=O) groups excluding carboxylic acids is 1. The molecule has 1 aliphatic heterocycles. The standard InChI is InChI=1S/C17H19ClN4O3S/c1-2-22(14-8-9-26(24,25)11-14)16-7-6-15(20-21-16)17(23)19-13-5-3-4-12(18)10-13/h3-7,10,14H,2,8-9,11H2,1H3,(H,19,23). The summed E-state index contributed by atoms with van der Waals surface area (Å²) in [6.07, 6.45) is 0.578.